The molecule has 1 aromatic heterocycles. The molecule has 0 spiro atoms. The Morgan fingerprint density at radius 2 is 2.00 bits per heavy atom. The molecule has 2 aromatic rings. The fourth-order valence-electron chi connectivity index (χ4n) is 3.23. The SMILES string of the molecule is CC1OC(C)C(C(=O)c2c[nH]c3cccc(Cl)c23)C1C. The largest absolute Gasteiger partial charge is 0.374 e. The predicted molar refractivity (Wildman–Crippen MR) is 80.3 cm³/mol. The maximum Gasteiger partial charge on any atom is 0.171 e. The first kappa shape index (κ1) is 13.7. The van der Waals surface area contributed by atoms with Crippen molar-refractivity contribution < 1.29 is 9.53 Å². The molecule has 1 aliphatic heterocycles. The van der Waals surface area contributed by atoms with Crippen molar-refractivity contribution in [3.63, 3.8) is 0 Å². The number of Topliss-reactive ketones (excluding diaryl/α,β-unsaturated/α-hetero) is 1. The Hall–Kier alpha value is -1.32. The average Bonchev–Trinajstić information content (AvgIpc) is 2.93. The fourth-order valence-corrected chi connectivity index (χ4v) is 3.51. The highest BCUT2D eigenvalue weighted by molar-refractivity contribution is 6.37. The Morgan fingerprint density at radius 3 is 2.65 bits per heavy atom. The summed E-state index contributed by atoms with van der Waals surface area (Å²) < 4.78 is 5.78. The van der Waals surface area contributed by atoms with Crippen molar-refractivity contribution in [2.75, 3.05) is 0 Å². The van der Waals surface area contributed by atoms with Crippen molar-refractivity contribution in [1.29, 1.82) is 0 Å². The van der Waals surface area contributed by atoms with Crippen LogP contribution in [0.1, 0.15) is 31.1 Å². The average molecular weight is 292 g/mol. The second-order valence-corrected chi connectivity index (χ2v) is 6.07. The first-order valence-corrected chi connectivity index (χ1v) is 7.33. The van der Waals surface area contributed by atoms with E-state index in [1.54, 1.807) is 6.20 Å². The Balaban J connectivity index is 2.05. The van der Waals surface area contributed by atoms with Crippen molar-refractivity contribution >= 4 is 28.3 Å². The number of ketones is 1. The van der Waals surface area contributed by atoms with Crippen LogP contribution in [0.4, 0.5) is 0 Å². The quantitative estimate of drug-likeness (QED) is 0.848. The molecule has 0 radical (unpaired) electrons. The van der Waals surface area contributed by atoms with Crippen LogP contribution in [0.5, 0.6) is 0 Å². The first-order chi connectivity index (χ1) is 9.50. The van der Waals surface area contributed by atoms with E-state index in [-0.39, 0.29) is 29.8 Å². The molecule has 1 fully saturated rings. The zero-order chi connectivity index (χ0) is 14.4. The number of ether oxygens (including phenoxy) is 1. The molecular weight excluding hydrogens is 274 g/mol. The van der Waals surface area contributed by atoms with Crippen molar-refractivity contribution in [3.8, 4) is 0 Å². The lowest BCUT2D eigenvalue weighted by Gasteiger charge is -2.16. The number of hydrogen-bond donors (Lipinski definition) is 1. The van der Waals surface area contributed by atoms with Crippen LogP contribution in [-0.2, 0) is 4.74 Å². The van der Waals surface area contributed by atoms with Gasteiger partial charge in [0.25, 0.3) is 0 Å². The van der Waals surface area contributed by atoms with Gasteiger partial charge in [0.15, 0.2) is 5.78 Å². The van der Waals surface area contributed by atoms with E-state index in [0.717, 1.165) is 10.9 Å². The lowest BCUT2D eigenvalue weighted by molar-refractivity contribution is 0.0491. The molecule has 1 saturated heterocycles. The topological polar surface area (TPSA) is 42.1 Å². The summed E-state index contributed by atoms with van der Waals surface area (Å²) in [4.78, 5) is 16.0. The number of rotatable bonds is 2. The maximum atomic E-state index is 12.9. The van der Waals surface area contributed by atoms with Crippen LogP contribution in [0.15, 0.2) is 24.4 Å². The number of halogens is 1. The fraction of sp³-hybridized carbons (Fsp3) is 0.438. The molecule has 3 rings (SSSR count). The summed E-state index contributed by atoms with van der Waals surface area (Å²) in [5.41, 5.74) is 1.57. The number of hydrogen-bond acceptors (Lipinski definition) is 2. The van der Waals surface area contributed by atoms with Crippen LogP contribution < -0.4 is 0 Å². The molecule has 0 aliphatic carbocycles. The summed E-state index contributed by atoms with van der Waals surface area (Å²) in [7, 11) is 0. The van der Waals surface area contributed by atoms with Crippen molar-refractivity contribution in [2.24, 2.45) is 11.8 Å². The van der Waals surface area contributed by atoms with Crippen LogP contribution >= 0.6 is 11.6 Å². The number of carbonyl (C=O) groups is 1. The van der Waals surface area contributed by atoms with Gasteiger partial charge in [0, 0.05) is 22.7 Å². The van der Waals surface area contributed by atoms with Crippen LogP contribution in [0.3, 0.4) is 0 Å². The monoisotopic (exact) mass is 291 g/mol. The molecule has 0 amide bonds. The molecule has 1 N–H and O–H groups in total. The van der Waals surface area contributed by atoms with Crippen molar-refractivity contribution in [2.45, 2.75) is 33.0 Å². The minimum Gasteiger partial charge on any atom is -0.374 e. The summed E-state index contributed by atoms with van der Waals surface area (Å²) in [6.45, 7) is 6.07. The smallest absolute Gasteiger partial charge is 0.171 e. The van der Waals surface area contributed by atoms with Gasteiger partial charge in [0.2, 0.25) is 0 Å². The summed E-state index contributed by atoms with van der Waals surface area (Å²) in [5.74, 6) is 0.221. The lowest BCUT2D eigenvalue weighted by atomic mass is 9.83. The number of carbonyl (C=O) groups excluding carboxylic acids is 1. The van der Waals surface area contributed by atoms with E-state index in [1.165, 1.54) is 0 Å². The number of H-pyrrole nitrogens is 1. The molecule has 2 heterocycles. The third-order valence-electron chi connectivity index (χ3n) is 4.47. The van der Waals surface area contributed by atoms with E-state index in [4.69, 9.17) is 16.3 Å². The predicted octanol–water partition coefficient (Wildman–Crippen LogP) is 4.06. The highest BCUT2D eigenvalue weighted by Gasteiger charge is 2.42. The van der Waals surface area contributed by atoms with Gasteiger partial charge >= 0.3 is 0 Å². The van der Waals surface area contributed by atoms with Gasteiger partial charge in [-0.15, -0.1) is 0 Å². The summed E-state index contributed by atoms with van der Waals surface area (Å²) in [5, 5.41) is 1.43. The van der Waals surface area contributed by atoms with Gasteiger partial charge in [0.1, 0.15) is 0 Å². The van der Waals surface area contributed by atoms with Gasteiger partial charge in [-0.3, -0.25) is 4.79 Å². The van der Waals surface area contributed by atoms with Gasteiger partial charge in [-0.2, -0.15) is 0 Å². The Kier molecular flexibility index (Phi) is 3.35. The number of nitrogens with one attached hydrogen (secondary N) is 1. The molecule has 1 aliphatic rings. The molecule has 3 nitrogen and oxygen atoms in total. The van der Waals surface area contributed by atoms with E-state index in [2.05, 4.69) is 11.9 Å². The van der Waals surface area contributed by atoms with E-state index >= 15 is 0 Å². The lowest BCUT2D eigenvalue weighted by Crippen LogP contribution is -2.26. The van der Waals surface area contributed by atoms with Gasteiger partial charge in [-0.25, -0.2) is 0 Å². The van der Waals surface area contributed by atoms with Gasteiger partial charge in [-0.1, -0.05) is 24.6 Å². The molecule has 0 saturated carbocycles. The molecule has 20 heavy (non-hydrogen) atoms. The summed E-state index contributed by atoms with van der Waals surface area (Å²) >= 11 is 6.25. The molecule has 106 valence electrons. The van der Waals surface area contributed by atoms with E-state index < -0.39 is 0 Å². The summed E-state index contributed by atoms with van der Waals surface area (Å²) in [6.07, 6.45) is 1.82. The van der Waals surface area contributed by atoms with Crippen molar-refractivity contribution in [3.05, 3.63) is 35.0 Å². The first-order valence-electron chi connectivity index (χ1n) is 6.96. The second kappa shape index (κ2) is 4.90. The zero-order valence-corrected chi connectivity index (χ0v) is 12.6. The third-order valence-corrected chi connectivity index (χ3v) is 4.78. The summed E-state index contributed by atoms with van der Waals surface area (Å²) in [6, 6.07) is 5.62. The number of aromatic amines is 1. The van der Waals surface area contributed by atoms with Gasteiger partial charge in [-0.05, 0) is 31.9 Å². The van der Waals surface area contributed by atoms with Crippen LogP contribution in [-0.4, -0.2) is 23.0 Å². The Labute approximate surface area is 123 Å². The third kappa shape index (κ3) is 1.97. The highest BCUT2D eigenvalue weighted by Crippen LogP contribution is 2.37. The number of aromatic nitrogens is 1. The normalized spacial score (nSPS) is 30.0. The number of benzene rings is 1. The van der Waals surface area contributed by atoms with Gasteiger partial charge < -0.3 is 9.72 Å². The second-order valence-electron chi connectivity index (χ2n) is 5.66. The van der Waals surface area contributed by atoms with E-state index in [0.29, 0.717) is 10.6 Å². The zero-order valence-electron chi connectivity index (χ0n) is 11.8. The van der Waals surface area contributed by atoms with Crippen LogP contribution in [0.25, 0.3) is 10.9 Å². The molecule has 0 bridgehead atoms. The molecule has 4 atom stereocenters. The molecule has 4 unspecified atom stereocenters. The van der Waals surface area contributed by atoms with E-state index in [1.807, 2.05) is 32.0 Å². The van der Waals surface area contributed by atoms with Crippen molar-refractivity contribution in [1.82, 2.24) is 4.98 Å². The Bertz CT molecular complexity index is 664. The molecular formula is C16H18ClNO2. The molecule has 4 heteroatoms. The maximum absolute atomic E-state index is 12.9. The number of fused-ring (bicyclic) bond motifs is 1. The Morgan fingerprint density at radius 1 is 1.25 bits per heavy atom. The van der Waals surface area contributed by atoms with Crippen LogP contribution in [0.2, 0.25) is 5.02 Å². The minimum atomic E-state index is -0.111. The van der Waals surface area contributed by atoms with Crippen LogP contribution in [0, 0.1) is 11.8 Å². The van der Waals surface area contributed by atoms with Gasteiger partial charge in [0.05, 0.1) is 23.1 Å². The standard InChI is InChI=1S/C16H18ClNO2/c1-8-9(2)20-10(3)14(8)16(19)11-7-18-13-6-4-5-12(17)15(11)13/h4-10,14,18H,1-3H3. The highest BCUT2D eigenvalue weighted by atomic mass is 35.5. The van der Waals surface area contributed by atoms with E-state index in [9.17, 15) is 4.79 Å². The molecule has 1 aromatic carbocycles. The minimum absolute atomic E-state index is 0.0556.